The van der Waals surface area contributed by atoms with Gasteiger partial charge in [0, 0.05) is 42.4 Å². The maximum absolute atomic E-state index is 13.4. The van der Waals surface area contributed by atoms with Crippen LogP contribution in [-0.2, 0) is 6.54 Å². The van der Waals surface area contributed by atoms with Gasteiger partial charge in [-0.2, -0.15) is 0 Å². The molecular formula is C18H18F2N2O. The van der Waals surface area contributed by atoms with Crippen molar-refractivity contribution in [2.45, 2.75) is 19.0 Å². The molecular weight excluding hydrogens is 298 g/mol. The number of para-hydroxylation sites is 1. The SMILES string of the molecule is NC(CCO)c1cn(Cc2cc(F)cc(F)c2)c2ccccc12. The number of fused-ring (bicyclic) bond motifs is 1. The zero-order chi connectivity index (χ0) is 16.4. The van der Waals surface area contributed by atoms with E-state index in [1.165, 1.54) is 12.1 Å². The standard InChI is InChI=1S/C18H18F2N2O/c19-13-7-12(8-14(20)9-13)10-22-11-16(17(21)5-6-23)15-3-1-2-4-18(15)22/h1-4,7-9,11,17,23H,5-6,10,21H2. The average molecular weight is 316 g/mol. The molecule has 2 aromatic carbocycles. The molecule has 0 aliphatic rings. The lowest BCUT2D eigenvalue weighted by Crippen LogP contribution is -2.11. The lowest BCUT2D eigenvalue weighted by molar-refractivity contribution is 0.277. The van der Waals surface area contributed by atoms with Crippen LogP contribution < -0.4 is 5.73 Å². The Morgan fingerprint density at radius 3 is 2.48 bits per heavy atom. The second-order valence-electron chi connectivity index (χ2n) is 5.63. The summed E-state index contributed by atoms with van der Waals surface area (Å²) in [6.07, 6.45) is 2.36. The summed E-state index contributed by atoms with van der Waals surface area (Å²) in [5, 5.41) is 10.1. The van der Waals surface area contributed by atoms with Crippen molar-refractivity contribution in [3.8, 4) is 0 Å². The quantitative estimate of drug-likeness (QED) is 0.758. The average Bonchev–Trinajstić information content (AvgIpc) is 2.86. The number of nitrogens with two attached hydrogens (primary N) is 1. The third-order valence-corrected chi connectivity index (χ3v) is 3.93. The summed E-state index contributed by atoms with van der Waals surface area (Å²) in [7, 11) is 0. The molecule has 1 unspecified atom stereocenters. The van der Waals surface area contributed by atoms with Gasteiger partial charge >= 0.3 is 0 Å². The molecule has 0 spiro atoms. The second kappa shape index (κ2) is 6.48. The van der Waals surface area contributed by atoms with E-state index in [9.17, 15) is 8.78 Å². The molecule has 3 aromatic rings. The van der Waals surface area contributed by atoms with Crippen molar-refractivity contribution in [1.82, 2.24) is 4.57 Å². The van der Waals surface area contributed by atoms with Crippen molar-refractivity contribution in [3.63, 3.8) is 0 Å². The van der Waals surface area contributed by atoms with Crippen LogP contribution in [0.2, 0.25) is 0 Å². The Bertz CT molecular complexity index is 809. The molecule has 0 saturated heterocycles. The third kappa shape index (κ3) is 3.25. The Balaban J connectivity index is 2.03. The fraction of sp³-hybridized carbons (Fsp3) is 0.222. The minimum atomic E-state index is -0.589. The van der Waals surface area contributed by atoms with Crippen LogP contribution in [0.5, 0.6) is 0 Å². The molecule has 0 aliphatic heterocycles. The van der Waals surface area contributed by atoms with Crippen LogP contribution in [0.1, 0.15) is 23.6 Å². The lowest BCUT2D eigenvalue weighted by Gasteiger charge is -2.08. The summed E-state index contributed by atoms with van der Waals surface area (Å²) in [6.45, 7) is 0.358. The van der Waals surface area contributed by atoms with E-state index in [4.69, 9.17) is 10.8 Å². The Hall–Kier alpha value is -2.24. The van der Waals surface area contributed by atoms with Gasteiger partial charge in [0.2, 0.25) is 0 Å². The summed E-state index contributed by atoms with van der Waals surface area (Å²) in [6, 6.07) is 11.0. The van der Waals surface area contributed by atoms with Gasteiger partial charge in [-0.25, -0.2) is 8.78 Å². The van der Waals surface area contributed by atoms with Crippen LogP contribution >= 0.6 is 0 Å². The number of aliphatic hydroxyl groups excluding tert-OH is 1. The number of aromatic nitrogens is 1. The zero-order valence-electron chi connectivity index (χ0n) is 12.5. The highest BCUT2D eigenvalue weighted by Crippen LogP contribution is 2.27. The van der Waals surface area contributed by atoms with Gasteiger partial charge in [0.1, 0.15) is 11.6 Å². The number of aliphatic hydroxyl groups is 1. The van der Waals surface area contributed by atoms with E-state index in [1.807, 2.05) is 35.0 Å². The smallest absolute Gasteiger partial charge is 0.126 e. The topological polar surface area (TPSA) is 51.2 Å². The first-order valence-electron chi connectivity index (χ1n) is 7.47. The first-order chi connectivity index (χ1) is 11.1. The molecule has 0 saturated carbocycles. The van der Waals surface area contributed by atoms with E-state index in [2.05, 4.69) is 0 Å². The molecule has 3 N–H and O–H groups in total. The maximum atomic E-state index is 13.4. The molecule has 0 bridgehead atoms. The van der Waals surface area contributed by atoms with Crippen molar-refractivity contribution >= 4 is 10.9 Å². The predicted molar refractivity (Wildman–Crippen MR) is 86.0 cm³/mol. The number of hydrogen-bond donors (Lipinski definition) is 2. The van der Waals surface area contributed by atoms with E-state index >= 15 is 0 Å². The maximum Gasteiger partial charge on any atom is 0.126 e. The fourth-order valence-corrected chi connectivity index (χ4v) is 2.89. The summed E-state index contributed by atoms with van der Waals surface area (Å²) in [5.74, 6) is -1.18. The van der Waals surface area contributed by atoms with E-state index in [0.717, 1.165) is 22.5 Å². The minimum Gasteiger partial charge on any atom is -0.396 e. The zero-order valence-corrected chi connectivity index (χ0v) is 12.5. The molecule has 0 fully saturated rings. The minimum absolute atomic E-state index is 0.00970. The molecule has 3 nitrogen and oxygen atoms in total. The van der Waals surface area contributed by atoms with Crippen LogP contribution in [0.3, 0.4) is 0 Å². The van der Waals surface area contributed by atoms with Gasteiger partial charge in [-0.15, -0.1) is 0 Å². The van der Waals surface area contributed by atoms with E-state index in [0.29, 0.717) is 18.5 Å². The van der Waals surface area contributed by atoms with Crippen molar-refractivity contribution in [2.24, 2.45) is 5.73 Å². The van der Waals surface area contributed by atoms with Crippen LogP contribution in [-0.4, -0.2) is 16.3 Å². The van der Waals surface area contributed by atoms with E-state index in [-0.39, 0.29) is 12.6 Å². The second-order valence-corrected chi connectivity index (χ2v) is 5.63. The van der Waals surface area contributed by atoms with Gasteiger partial charge in [0.05, 0.1) is 0 Å². The molecule has 1 aromatic heterocycles. The molecule has 5 heteroatoms. The molecule has 23 heavy (non-hydrogen) atoms. The summed E-state index contributed by atoms with van der Waals surface area (Å²) < 4.78 is 28.7. The molecule has 0 aliphatic carbocycles. The van der Waals surface area contributed by atoms with E-state index < -0.39 is 11.6 Å². The highest BCUT2D eigenvalue weighted by atomic mass is 19.1. The monoisotopic (exact) mass is 316 g/mol. The fourth-order valence-electron chi connectivity index (χ4n) is 2.89. The van der Waals surface area contributed by atoms with Gasteiger partial charge in [0.25, 0.3) is 0 Å². The normalized spacial score (nSPS) is 12.7. The predicted octanol–water partition coefficient (Wildman–Crippen LogP) is 3.35. The molecule has 120 valence electrons. The number of halogens is 2. The Morgan fingerprint density at radius 1 is 1.09 bits per heavy atom. The van der Waals surface area contributed by atoms with Gasteiger partial charge in [-0.1, -0.05) is 18.2 Å². The largest absolute Gasteiger partial charge is 0.396 e. The highest BCUT2D eigenvalue weighted by molar-refractivity contribution is 5.84. The van der Waals surface area contributed by atoms with E-state index in [1.54, 1.807) is 0 Å². The van der Waals surface area contributed by atoms with Crippen LogP contribution in [0.25, 0.3) is 10.9 Å². The van der Waals surface area contributed by atoms with Gasteiger partial charge in [0.15, 0.2) is 0 Å². The van der Waals surface area contributed by atoms with Gasteiger partial charge < -0.3 is 15.4 Å². The summed E-state index contributed by atoms with van der Waals surface area (Å²) in [4.78, 5) is 0. The Morgan fingerprint density at radius 2 is 1.78 bits per heavy atom. The van der Waals surface area contributed by atoms with Crippen molar-refractivity contribution in [3.05, 3.63) is 71.4 Å². The number of benzene rings is 2. The molecule has 1 atom stereocenters. The van der Waals surface area contributed by atoms with Gasteiger partial charge in [-0.05, 0) is 35.7 Å². The van der Waals surface area contributed by atoms with Crippen molar-refractivity contribution in [1.29, 1.82) is 0 Å². The van der Waals surface area contributed by atoms with Crippen LogP contribution in [0.15, 0.2) is 48.7 Å². The van der Waals surface area contributed by atoms with Crippen molar-refractivity contribution < 1.29 is 13.9 Å². The first-order valence-corrected chi connectivity index (χ1v) is 7.47. The summed E-state index contributed by atoms with van der Waals surface area (Å²) >= 11 is 0. The Kier molecular flexibility index (Phi) is 4.41. The van der Waals surface area contributed by atoms with Crippen LogP contribution in [0.4, 0.5) is 8.78 Å². The highest BCUT2D eigenvalue weighted by Gasteiger charge is 2.14. The first kappa shape index (κ1) is 15.6. The van der Waals surface area contributed by atoms with Gasteiger partial charge in [-0.3, -0.25) is 0 Å². The third-order valence-electron chi connectivity index (χ3n) is 3.93. The number of nitrogens with zero attached hydrogens (tertiary/aromatic N) is 1. The lowest BCUT2D eigenvalue weighted by atomic mass is 10.0. The van der Waals surface area contributed by atoms with Crippen molar-refractivity contribution in [2.75, 3.05) is 6.61 Å². The number of hydrogen-bond acceptors (Lipinski definition) is 2. The number of rotatable bonds is 5. The Labute approximate surface area is 133 Å². The molecule has 1 heterocycles. The van der Waals surface area contributed by atoms with Crippen LogP contribution in [0, 0.1) is 11.6 Å². The molecule has 0 radical (unpaired) electrons. The molecule has 3 rings (SSSR count). The summed E-state index contributed by atoms with van der Waals surface area (Å²) in [5.41, 5.74) is 8.55. The molecule has 0 amide bonds.